The lowest BCUT2D eigenvalue weighted by Crippen LogP contribution is -2.28. The van der Waals surface area contributed by atoms with Gasteiger partial charge < -0.3 is 10.4 Å². The van der Waals surface area contributed by atoms with E-state index in [1.165, 1.54) is 0 Å². The summed E-state index contributed by atoms with van der Waals surface area (Å²) in [6, 6.07) is 9.76. The number of rotatable bonds is 3. The van der Waals surface area contributed by atoms with E-state index in [0.29, 0.717) is 0 Å². The molecule has 1 aromatic carbocycles. The van der Waals surface area contributed by atoms with Crippen LogP contribution in [-0.4, -0.2) is 35.7 Å². The quantitative estimate of drug-likeness (QED) is 0.597. The van der Waals surface area contributed by atoms with Crippen molar-refractivity contribution in [3.05, 3.63) is 35.9 Å². The van der Waals surface area contributed by atoms with Crippen molar-refractivity contribution in [3.8, 4) is 0 Å². The highest BCUT2D eigenvalue weighted by atomic mass is 32.3. The highest BCUT2D eigenvalue weighted by molar-refractivity contribution is 7.79. The molecule has 0 fully saturated rings. The van der Waals surface area contributed by atoms with Crippen molar-refractivity contribution in [1.82, 2.24) is 5.32 Å². The predicted molar refractivity (Wildman–Crippen MR) is 64.1 cm³/mol. The van der Waals surface area contributed by atoms with E-state index in [2.05, 4.69) is 5.32 Å². The van der Waals surface area contributed by atoms with Gasteiger partial charge in [0.25, 0.3) is 0 Å². The molecule has 6 nitrogen and oxygen atoms in total. The molecule has 98 valence electrons. The first-order chi connectivity index (χ1) is 7.75. The molecule has 0 spiro atoms. The summed E-state index contributed by atoms with van der Waals surface area (Å²) in [5.74, 6) is 0. The van der Waals surface area contributed by atoms with E-state index < -0.39 is 16.5 Å². The van der Waals surface area contributed by atoms with Crippen LogP contribution in [0.3, 0.4) is 0 Å². The Morgan fingerprint density at radius 1 is 1.18 bits per heavy atom. The number of benzene rings is 1. The Morgan fingerprint density at radius 2 is 1.59 bits per heavy atom. The van der Waals surface area contributed by atoms with E-state index in [9.17, 15) is 5.11 Å². The zero-order chi connectivity index (χ0) is 13.5. The van der Waals surface area contributed by atoms with Crippen LogP contribution in [0, 0.1) is 0 Å². The maximum atomic E-state index is 9.73. The minimum atomic E-state index is -4.67. The van der Waals surface area contributed by atoms with E-state index in [1.54, 1.807) is 0 Å². The predicted octanol–water partition coefficient (Wildman–Crippen LogP) is 0.675. The highest BCUT2D eigenvalue weighted by Gasteiger charge is 2.12. The average molecular weight is 263 g/mol. The lowest BCUT2D eigenvalue weighted by Gasteiger charge is -2.17. The van der Waals surface area contributed by atoms with Gasteiger partial charge in [-0.15, -0.1) is 0 Å². The standard InChI is InChI=1S/C10H15NO.H2O4S/c1-8(11-2)10(12)9-6-4-3-5-7-9;1-5(2,3)4/h3-8,10-12H,1-2H3;(H2,1,2,3,4). The van der Waals surface area contributed by atoms with E-state index >= 15 is 0 Å². The Morgan fingerprint density at radius 3 is 1.94 bits per heavy atom. The van der Waals surface area contributed by atoms with Gasteiger partial charge in [-0.2, -0.15) is 8.42 Å². The van der Waals surface area contributed by atoms with Gasteiger partial charge in [0, 0.05) is 6.04 Å². The van der Waals surface area contributed by atoms with Crippen LogP contribution in [0.1, 0.15) is 18.6 Å². The van der Waals surface area contributed by atoms with Crippen LogP contribution in [0.5, 0.6) is 0 Å². The molecule has 0 amide bonds. The van der Waals surface area contributed by atoms with Crippen LogP contribution in [0.4, 0.5) is 0 Å². The van der Waals surface area contributed by atoms with Crippen molar-refractivity contribution in [1.29, 1.82) is 0 Å². The van der Waals surface area contributed by atoms with Gasteiger partial charge in [-0.25, -0.2) is 0 Å². The minimum absolute atomic E-state index is 0.0902. The molecule has 2 unspecified atom stereocenters. The first kappa shape index (κ1) is 16.0. The fourth-order valence-electron chi connectivity index (χ4n) is 1.10. The number of hydrogen-bond donors (Lipinski definition) is 4. The SMILES string of the molecule is CNC(C)C(O)c1ccccc1.O=S(=O)(O)O. The second kappa shape index (κ2) is 7.36. The van der Waals surface area contributed by atoms with Crippen LogP contribution in [-0.2, 0) is 10.4 Å². The molecule has 1 rings (SSSR count). The van der Waals surface area contributed by atoms with E-state index in [0.717, 1.165) is 5.56 Å². The van der Waals surface area contributed by atoms with Gasteiger partial charge in [-0.3, -0.25) is 9.11 Å². The summed E-state index contributed by atoms with van der Waals surface area (Å²) < 4.78 is 31.6. The number of nitrogens with one attached hydrogen (secondary N) is 1. The van der Waals surface area contributed by atoms with Crippen LogP contribution in [0.2, 0.25) is 0 Å². The molecule has 2 atom stereocenters. The summed E-state index contributed by atoms with van der Waals surface area (Å²) in [7, 11) is -2.82. The number of hydrogen-bond acceptors (Lipinski definition) is 4. The summed E-state index contributed by atoms with van der Waals surface area (Å²) >= 11 is 0. The highest BCUT2D eigenvalue weighted by Crippen LogP contribution is 2.15. The molecule has 0 radical (unpaired) electrons. The summed E-state index contributed by atoms with van der Waals surface area (Å²) in [6.07, 6.45) is -0.420. The molecule has 7 heteroatoms. The largest absolute Gasteiger partial charge is 0.394 e. The Balaban J connectivity index is 0.000000437. The van der Waals surface area contributed by atoms with Gasteiger partial charge in [0.15, 0.2) is 0 Å². The van der Waals surface area contributed by atoms with Crippen LogP contribution < -0.4 is 5.32 Å². The van der Waals surface area contributed by atoms with Gasteiger partial charge in [0.1, 0.15) is 0 Å². The van der Waals surface area contributed by atoms with E-state index in [-0.39, 0.29) is 6.04 Å². The van der Waals surface area contributed by atoms with Crippen LogP contribution in [0.25, 0.3) is 0 Å². The van der Waals surface area contributed by atoms with Gasteiger partial charge in [0.05, 0.1) is 6.10 Å². The molecule has 0 saturated heterocycles. The fraction of sp³-hybridized carbons (Fsp3) is 0.400. The second-order valence-corrected chi connectivity index (χ2v) is 4.28. The van der Waals surface area contributed by atoms with Crippen molar-refractivity contribution in [2.75, 3.05) is 7.05 Å². The number of likely N-dealkylation sites (N-methyl/N-ethyl adjacent to an activating group) is 1. The van der Waals surface area contributed by atoms with Crippen molar-refractivity contribution in [2.45, 2.75) is 19.1 Å². The lowest BCUT2D eigenvalue weighted by molar-refractivity contribution is 0.140. The average Bonchev–Trinajstić information content (AvgIpc) is 2.26. The Labute approximate surface area is 101 Å². The summed E-state index contributed by atoms with van der Waals surface area (Å²) in [4.78, 5) is 0. The molecule has 0 aromatic heterocycles. The maximum absolute atomic E-state index is 9.73. The second-order valence-electron chi connectivity index (χ2n) is 3.38. The van der Waals surface area contributed by atoms with Crippen LogP contribution in [0.15, 0.2) is 30.3 Å². The molecule has 0 aliphatic heterocycles. The van der Waals surface area contributed by atoms with Crippen molar-refractivity contribution in [3.63, 3.8) is 0 Å². The van der Waals surface area contributed by atoms with Crippen molar-refractivity contribution >= 4 is 10.4 Å². The molecular formula is C10H17NO5S. The van der Waals surface area contributed by atoms with Gasteiger partial charge in [0.2, 0.25) is 0 Å². The number of aliphatic hydroxyl groups excluding tert-OH is 1. The third kappa shape index (κ3) is 8.78. The van der Waals surface area contributed by atoms with Crippen molar-refractivity contribution < 1.29 is 22.6 Å². The Kier molecular flexibility index (Phi) is 6.93. The molecule has 0 aliphatic rings. The Hall–Kier alpha value is -0.990. The number of aliphatic hydroxyl groups is 1. The van der Waals surface area contributed by atoms with Gasteiger partial charge in [-0.1, -0.05) is 30.3 Å². The molecular weight excluding hydrogens is 246 g/mol. The van der Waals surface area contributed by atoms with E-state index in [1.807, 2.05) is 44.3 Å². The molecule has 0 aliphatic carbocycles. The summed E-state index contributed by atoms with van der Waals surface area (Å²) in [5, 5.41) is 12.7. The first-order valence-electron chi connectivity index (χ1n) is 4.86. The van der Waals surface area contributed by atoms with Gasteiger partial charge >= 0.3 is 10.4 Å². The zero-order valence-corrected chi connectivity index (χ0v) is 10.4. The molecule has 4 N–H and O–H groups in total. The van der Waals surface area contributed by atoms with E-state index in [4.69, 9.17) is 17.5 Å². The minimum Gasteiger partial charge on any atom is -0.387 e. The lowest BCUT2D eigenvalue weighted by atomic mass is 10.0. The molecule has 0 bridgehead atoms. The normalized spacial score (nSPS) is 14.4. The van der Waals surface area contributed by atoms with Crippen molar-refractivity contribution in [2.24, 2.45) is 0 Å². The maximum Gasteiger partial charge on any atom is 0.394 e. The summed E-state index contributed by atoms with van der Waals surface area (Å²) in [5.41, 5.74) is 0.958. The third-order valence-corrected chi connectivity index (χ3v) is 2.07. The smallest absolute Gasteiger partial charge is 0.387 e. The fourth-order valence-corrected chi connectivity index (χ4v) is 1.10. The third-order valence-electron chi connectivity index (χ3n) is 2.07. The Bertz CT molecular complexity index is 398. The van der Waals surface area contributed by atoms with Crippen LogP contribution >= 0.6 is 0 Å². The molecule has 0 heterocycles. The monoisotopic (exact) mass is 263 g/mol. The zero-order valence-electron chi connectivity index (χ0n) is 9.61. The molecule has 1 aromatic rings. The first-order valence-corrected chi connectivity index (χ1v) is 6.25. The summed E-state index contributed by atoms with van der Waals surface area (Å²) in [6.45, 7) is 1.96. The molecule has 17 heavy (non-hydrogen) atoms. The molecule has 0 saturated carbocycles. The topological polar surface area (TPSA) is 107 Å². The van der Waals surface area contributed by atoms with Gasteiger partial charge in [-0.05, 0) is 19.5 Å².